The van der Waals surface area contributed by atoms with Crippen LogP contribution in [0.5, 0.6) is 0 Å². The van der Waals surface area contributed by atoms with Crippen molar-refractivity contribution in [3.63, 3.8) is 0 Å². The number of rotatable bonds is 6. The Balaban J connectivity index is -0.000000135. The molecule has 3 heteroatoms. The van der Waals surface area contributed by atoms with Gasteiger partial charge in [-0.1, -0.05) is 55.0 Å². The van der Waals surface area contributed by atoms with Crippen LogP contribution in [0.2, 0.25) is 0 Å². The van der Waals surface area contributed by atoms with Crippen LogP contribution in [0.3, 0.4) is 0 Å². The molecule has 0 aliphatic rings. The van der Waals surface area contributed by atoms with Crippen LogP contribution in [0.25, 0.3) is 0 Å². The van der Waals surface area contributed by atoms with Crippen molar-refractivity contribution in [1.82, 2.24) is 4.90 Å². The number of carbonyl (C=O) groups excluding carboxylic acids is 1. The van der Waals surface area contributed by atoms with Crippen LogP contribution in [-0.4, -0.2) is 31.3 Å². The molecule has 0 bridgehead atoms. The van der Waals surface area contributed by atoms with Gasteiger partial charge >= 0.3 is 0 Å². The van der Waals surface area contributed by atoms with Crippen LogP contribution in [0.4, 0.5) is 0 Å². The first-order valence-corrected chi connectivity index (χ1v) is 8.42. The molecule has 1 aromatic rings. The van der Waals surface area contributed by atoms with Gasteiger partial charge in [-0.2, -0.15) is 30.5 Å². The van der Waals surface area contributed by atoms with Crippen molar-refractivity contribution in [2.45, 2.75) is 62.3 Å². The molecule has 1 rings (SSSR count). The second kappa shape index (κ2) is 27.4. The summed E-state index contributed by atoms with van der Waals surface area (Å²) in [7, 11) is 2.04. The fourth-order valence-electron chi connectivity index (χ4n) is 1.69. The number of hydrogen-bond donors (Lipinski definition) is 0. The molecule has 0 aliphatic heterocycles. The minimum absolute atomic E-state index is 0. The zero-order chi connectivity index (χ0) is 18.0. The summed E-state index contributed by atoms with van der Waals surface area (Å²) in [6.45, 7) is 19.6. The fraction of sp³-hybridized carbons (Fsp3) is 0.571. The van der Waals surface area contributed by atoms with E-state index in [-0.39, 0.29) is 28.5 Å². The number of benzene rings is 1. The topological polar surface area (TPSA) is 20.3 Å². The third-order valence-electron chi connectivity index (χ3n) is 2.54. The second-order valence-electron chi connectivity index (χ2n) is 4.13. The Labute approximate surface area is 167 Å². The maximum Gasteiger partial charge on any atom is 0.0628 e. The van der Waals surface area contributed by atoms with E-state index in [1.165, 1.54) is 5.92 Å². The first-order chi connectivity index (χ1) is 10.7. The van der Waals surface area contributed by atoms with Crippen molar-refractivity contribution in [3.8, 4) is 0 Å². The minimum atomic E-state index is 0. The van der Waals surface area contributed by atoms with Crippen molar-refractivity contribution < 1.29 is 25.9 Å². The molecule has 0 unspecified atom stereocenters. The van der Waals surface area contributed by atoms with E-state index in [9.17, 15) is 4.79 Å². The standard InChI is InChI=1S/C14H18NO.3C2H6.CH4.W/c1-4-15(3)10-12(2)9-13-7-5-6-8-14(13)11-16;3*1-2;;/h5-8H,1,4,9-10H2,2-3H3;3*1-2H3;1H4;/q-3;;;;;. The summed E-state index contributed by atoms with van der Waals surface area (Å²) in [5.74, 6) is 1.33. The summed E-state index contributed by atoms with van der Waals surface area (Å²) in [4.78, 5) is 12.9. The third kappa shape index (κ3) is 17.9. The maximum atomic E-state index is 10.7. The molecule has 0 saturated carbocycles. The minimum Gasteiger partial charge on any atom is -0.376 e. The van der Waals surface area contributed by atoms with Crippen LogP contribution in [0.15, 0.2) is 24.3 Å². The summed E-state index contributed by atoms with van der Waals surface area (Å²) >= 11 is 0. The predicted octanol–water partition coefficient (Wildman–Crippen LogP) is 5.76. The molecule has 2 nitrogen and oxygen atoms in total. The average Bonchev–Trinajstić information content (AvgIpc) is 2.60. The van der Waals surface area contributed by atoms with Crippen LogP contribution >= 0.6 is 0 Å². The van der Waals surface area contributed by atoms with E-state index >= 15 is 0 Å². The molecule has 0 amide bonds. The quantitative estimate of drug-likeness (QED) is 0.458. The average molecular weight is 506 g/mol. The van der Waals surface area contributed by atoms with Gasteiger partial charge in [-0.05, 0) is 7.05 Å². The van der Waals surface area contributed by atoms with Gasteiger partial charge in [0.15, 0.2) is 0 Å². The molecule has 0 heterocycles. The van der Waals surface area contributed by atoms with Crippen molar-refractivity contribution in [3.05, 3.63) is 48.2 Å². The molecule has 24 heavy (non-hydrogen) atoms. The molecule has 144 valence electrons. The van der Waals surface area contributed by atoms with Gasteiger partial charge in [0.2, 0.25) is 0 Å². The Morgan fingerprint density at radius 2 is 1.54 bits per heavy atom. The molecule has 0 N–H and O–H groups in total. The third-order valence-corrected chi connectivity index (χ3v) is 2.54. The first-order valence-electron chi connectivity index (χ1n) is 8.42. The molecule has 0 atom stereocenters. The Morgan fingerprint density at radius 1 is 1.08 bits per heavy atom. The van der Waals surface area contributed by atoms with Crippen LogP contribution in [-0.2, 0) is 32.3 Å². The zero-order valence-electron chi connectivity index (χ0n) is 16.4. The number of nitrogens with zero attached hydrogens (tertiary/aromatic N) is 1. The van der Waals surface area contributed by atoms with E-state index < -0.39 is 0 Å². The van der Waals surface area contributed by atoms with Crippen molar-refractivity contribution >= 4 is 6.29 Å². The van der Waals surface area contributed by atoms with Gasteiger partial charge in [0.1, 0.15) is 0 Å². The van der Waals surface area contributed by atoms with Gasteiger partial charge < -0.3 is 22.5 Å². The molecule has 0 aliphatic carbocycles. The van der Waals surface area contributed by atoms with E-state index in [2.05, 4.69) is 18.7 Å². The van der Waals surface area contributed by atoms with Gasteiger partial charge in [-0.3, -0.25) is 0 Å². The molecular formula is C21H40NOW-3. The monoisotopic (exact) mass is 506 g/mol. The molecule has 0 radical (unpaired) electrons. The van der Waals surface area contributed by atoms with Gasteiger partial charge in [-0.25, -0.2) is 0 Å². The molecule has 0 aromatic heterocycles. The van der Waals surface area contributed by atoms with Crippen molar-refractivity contribution in [1.29, 1.82) is 0 Å². The van der Waals surface area contributed by atoms with Crippen molar-refractivity contribution in [2.24, 2.45) is 0 Å². The summed E-state index contributed by atoms with van der Waals surface area (Å²) in [5.41, 5.74) is 1.71. The Kier molecular flexibility index (Phi) is 39.7. The van der Waals surface area contributed by atoms with E-state index in [1.807, 2.05) is 73.1 Å². The smallest absolute Gasteiger partial charge is 0.0628 e. The van der Waals surface area contributed by atoms with E-state index in [1.54, 1.807) is 6.07 Å². The van der Waals surface area contributed by atoms with Crippen LogP contribution in [0.1, 0.15) is 67.0 Å². The summed E-state index contributed by atoms with van der Waals surface area (Å²) in [6.07, 6.45) is 2.81. The Morgan fingerprint density at radius 3 is 1.96 bits per heavy atom. The summed E-state index contributed by atoms with van der Waals surface area (Å²) in [6, 6.07) is 7.60. The Bertz CT molecular complexity index is 342. The summed E-state index contributed by atoms with van der Waals surface area (Å²) < 4.78 is 0. The normalized spacial score (nSPS) is 8.12. The predicted molar refractivity (Wildman–Crippen MR) is 107 cm³/mol. The van der Waals surface area contributed by atoms with Gasteiger partial charge in [-0.15, -0.1) is 25.2 Å². The Hall–Kier alpha value is -0.462. The molecule has 0 fully saturated rings. The molecular weight excluding hydrogens is 466 g/mol. The fourth-order valence-corrected chi connectivity index (χ4v) is 1.69. The number of hydrogen-bond acceptors (Lipinski definition) is 2. The van der Waals surface area contributed by atoms with Gasteiger partial charge in [0.25, 0.3) is 0 Å². The molecule has 1 aromatic carbocycles. The van der Waals surface area contributed by atoms with E-state index in [4.69, 9.17) is 0 Å². The van der Waals surface area contributed by atoms with Crippen LogP contribution in [0, 0.1) is 12.8 Å². The SMILES string of the molecule is C.CC.CC.CC.[CH2-]CN(C)C[C-](C)Cc1ccccc1[C-]=O.[W]. The maximum absolute atomic E-state index is 10.7. The summed E-state index contributed by atoms with van der Waals surface area (Å²) in [5, 5.41) is 0. The van der Waals surface area contributed by atoms with Crippen molar-refractivity contribution in [2.75, 3.05) is 20.1 Å². The molecule has 0 saturated heterocycles. The van der Waals surface area contributed by atoms with E-state index in [0.29, 0.717) is 5.56 Å². The van der Waals surface area contributed by atoms with E-state index in [0.717, 1.165) is 25.1 Å². The second-order valence-corrected chi connectivity index (χ2v) is 4.13. The van der Waals surface area contributed by atoms with Gasteiger partial charge in [0.05, 0.1) is 6.29 Å². The van der Waals surface area contributed by atoms with Crippen LogP contribution < -0.4 is 0 Å². The largest absolute Gasteiger partial charge is 0.376 e. The molecule has 0 spiro atoms. The first kappa shape index (κ1) is 34.8. The zero-order valence-corrected chi connectivity index (χ0v) is 19.3. The van der Waals surface area contributed by atoms with Gasteiger partial charge in [0, 0.05) is 21.1 Å².